The van der Waals surface area contributed by atoms with Crippen LogP contribution in [0.5, 0.6) is 0 Å². The van der Waals surface area contributed by atoms with Crippen LogP contribution in [0.1, 0.15) is 48.0 Å². The number of aldehydes is 1. The minimum Gasteiger partial charge on any atom is -1.00 e. The fraction of sp³-hybridized carbons (Fsp3) is 0.314. The van der Waals surface area contributed by atoms with Crippen molar-refractivity contribution in [3.05, 3.63) is 110 Å². The Kier molecular flexibility index (Phi) is 25.1. The number of halogens is 11. The predicted octanol–water partition coefficient (Wildman–Crippen LogP) is 6.74. The summed E-state index contributed by atoms with van der Waals surface area (Å²) in [5.41, 5.74) is -1.51. The van der Waals surface area contributed by atoms with Crippen LogP contribution in [-0.4, -0.2) is 91.0 Å². The van der Waals surface area contributed by atoms with Crippen LogP contribution in [0.25, 0.3) is 0 Å². The van der Waals surface area contributed by atoms with Crippen LogP contribution in [0.4, 0.5) is 42.1 Å². The number of rotatable bonds is 11. The first-order chi connectivity index (χ1) is 27.3. The summed E-state index contributed by atoms with van der Waals surface area (Å²) in [7, 11) is -7.42. The summed E-state index contributed by atoms with van der Waals surface area (Å²) >= 11 is 14.3. The molecule has 11 nitrogen and oxygen atoms in total. The van der Waals surface area contributed by atoms with Crippen molar-refractivity contribution >= 4 is 99.9 Å². The Morgan fingerprint density at radius 2 is 1.13 bits per heavy atom. The van der Waals surface area contributed by atoms with Crippen LogP contribution in [0, 0.1) is 20.3 Å². The van der Waals surface area contributed by atoms with Gasteiger partial charge in [0.1, 0.15) is 23.8 Å². The number of carbonyl (C=O) groups is 1. The van der Waals surface area contributed by atoms with E-state index in [0.717, 1.165) is 28.6 Å². The number of nitrogens with zero attached hydrogens (tertiary/aromatic N) is 4. The molecule has 60 heavy (non-hydrogen) atoms. The van der Waals surface area contributed by atoms with E-state index in [1.807, 2.05) is 20.3 Å². The van der Waals surface area contributed by atoms with Gasteiger partial charge in [-0.25, -0.2) is 30.4 Å². The van der Waals surface area contributed by atoms with Gasteiger partial charge >= 0.3 is 35.4 Å². The van der Waals surface area contributed by atoms with E-state index in [4.69, 9.17) is 34.0 Å². The Labute approximate surface area is 386 Å². The molecule has 0 saturated carbocycles. The van der Waals surface area contributed by atoms with Crippen LogP contribution in [-0.2, 0) is 41.9 Å². The molecule has 0 N–H and O–H groups in total. The quantitative estimate of drug-likeness (QED) is 0.0400. The molecule has 0 aliphatic rings. The van der Waals surface area contributed by atoms with Gasteiger partial charge in [-0.3, -0.25) is 14.2 Å². The topological polar surface area (TPSA) is 136 Å². The summed E-state index contributed by atoms with van der Waals surface area (Å²) in [6.07, 6.45) is -4.42. The molecular weight excluding hydrogens is 996 g/mol. The number of aromatic nitrogens is 2. The third kappa shape index (κ3) is 16.0. The first-order valence-corrected chi connectivity index (χ1v) is 20.2. The van der Waals surface area contributed by atoms with E-state index in [1.165, 1.54) is 38.7 Å². The second-order valence-electron chi connectivity index (χ2n) is 11.3. The Morgan fingerprint density at radius 1 is 0.783 bits per heavy atom. The monoisotopic (exact) mass is 1030 g/mol. The number of aryl methyl sites for hydroxylation is 2. The number of pyridine rings is 2. The number of alkyl halides is 7. The number of anilines is 2. The van der Waals surface area contributed by atoms with Crippen LogP contribution in [0.3, 0.4) is 0 Å². The first kappa shape index (κ1) is 57.5. The van der Waals surface area contributed by atoms with E-state index in [-0.39, 0.29) is 57.1 Å². The smallest absolute Gasteiger partial charge is 1.00 e. The van der Waals surface area contributed by atoms with Crippen molar-refractivity contribution in [2.45, 2.75) is 49.8 Å². The molecule has 0 bridgehead atoms. The second kappa shape index (κ2) is 26.2. The fourth-order valence-corrected chi connectivity index (χ4v) is 8.17. The molecular formula is C35H37BrCl3F7MgN4O7S2. The van der Waals surface area contributed by atoms with E-state index in [0.29, 0.717) is 33.9 Å². The zero-order chi connectivity index (χ0) is 45.5. The molecule has 0 amide bonds. The molecule has 2 aromatic heterocycles. The third-order valence-corrected chi connectivity index (χ3v) is 11.5. The van der Waals surface area contributed by atoms with Gasteiger partial charge in [0.2, 0.25) is 0 Å². The maximum absolute atomic E-state index is 13.1. The van der Waals surface area contributed by atoms with Crippen molar-refractivity contribution in [3.8, 4) is 0 Å². The number of hydrogen-bond acceptors (Lipinski definition) is 9. The van der Waals surface area contributed by atoms with Gasteiger partial charge < -0.3 is 28.3 Å². The molecule has 0 saturated heterocycles. The first-order valence-electron chi connectivity index (χ1n) is 16.4. The second-order valence-corrected chi connectivity index (χ2v) is 16.5. The molecule has 0 aliphatic carbocycles. The summed E-state index contributed by atoms with van der Waals surface area (Å²) in [5.74, 6) is 0. The number of benzene rings is 2. The Morgan fingerprint density at radius 3 is 1.48 bits per heavy atom. The Bertz CT molecular complexity index is 2250. The van der Waals surface area contributed by atoms with E-state index in [1.54, 1.807) is 13.8 Å². The largest absolute Gasteiger partial charge is 2.00 e. The third-order valence-electron chi connectivity index (χ3n) is 6.80. The van der Waals surface area contributed by atoms with Crippen molar-refractivity contribution in [2.24, 2.45) is 0 Å². The summed E-state index contributed by atoms with van der Waals surface area (Å²) in [5, 5.41) is -1.22. The molecule has 0 fully saturated rings. The van der Waals surface area contributed by atoms with Crippen LogP contribution in [0.2, 0.25) is 10.0 Å². The normalized spacial score (nSPS) is 11.4. The molecule has 0 radical (unpaired) electrons. The molecule has 0 unspecified atom stereocenters. The van der Waals surface area contributed by atoms with Gasteiger partial charge in [0.25, 0.3) is 20.0 Å². The van der Waals surface area contributed by atoms with Crippen LogP contribution >= 0.6 is 39.1 Å². The molecule has 2 aromatic carbocycles. The molecule has 0 spiro atoms. The minimum absolute atomic E-state index is 0. The summed E-state index contributed by atoms with van der Waals surface area (Å²) in [6.45, 7) is 6.35. The molecule has 2 heterocycles. The number of methoxy groups -OCH3 is 2. The number of carbonyl (C=O) groups excluding carboxylic acids is 1. The van der Waals surface area contributed by atoms with Gasteiger partial charge in [-0.1, -0.05) is 23.2 Å². The van der Waals surface area contributed by atoms with E-state index >= 15 is 0 Å². The van der Waals surface area contributed by atoms with E-state index < -0.39 is 84.0 Å². The molecule has 4 aromatic rings. The summed E-state index contributed by atoms with van der Waals surface area (Å²) < 4.78 is 157. The van der Waals surface area contributed by atoms with Crippen molar-refractivity contribution in [2.75, 3.05) is 43.4 Å². The Balaban J connectivity index is 0. The van der Waals surface area contributed by atoms with Gasteiger partial charge in [-0.2, -0.15) is 40.2 Å². The minimum atomic E-state index is -4.84. The predicted molar refractivity (Wildman–Crippen MR) is 215 cm³/mol. The van der Waals surface area contributed by atoms with Gasteiger partial charge in [-0.05, 0) is 89.4 Å². The maximum Gasteiger partial charge on any atom is 2.00 e. The van der Waals surface area contributed by atoms with Crippen molar-refractivity contribution in [1.29, 1.82) is 0 Å². The molecule has 4 rings (SSSR count). The molecule has 330 valence electrons. The van der Waals surface area contributed by atoms with E-state index in [9.17, 15) is 52.4 Å². The van der Waals surface area contributed by atoms with Gasteiger partial charge in [0.15, 0.2) is 6.29 Å². The maximum atomic E-state index is 13.1. The zero-order valence-corrected chi connectivity index (χ0v) is 39.3. The van der Waals surface area contributed by atoms with Crippen LogP contribution < -0.4 is 21.0 Å². The van der Waals surface area contributed by atoms with E-state index in [2.05, 4.69) is 25.9 Å². The fourth-order valence-electron chi connectivity index (χ4n) is 4.36. The number of sulfonamides is 2. The van der Waals surface area contributed by atoms with Crippen molar-refractivity contribution in [3.63, 3.8) is 0 Å². The van der Waals surface area contributed by atoms with Crippen molar-refractivity contribution in [1.82, 2.24) is 9.97 Å². The van der Waals surface area contributed by atoms with Gasteiger partial charge in [0.05, 0.1) is 50.9 Å². The SMILES string of the molecule is COCN(c1cc(C)cnc1Br)S(=O)(=O)c1ccc(Cl)c(C(F)(F)F)c1.COCN(c1cc(C)cnc1C=O)S(=O)(=O)c1ccc(Cl)c(C(F)(F)F)c1.C[CH-]C.[2H]CF.[Cl-].[Mg+2]. The zero-order valence-electron chi connectivity index (χ0n) is 33.4. The number of ether oxygens (including phenoxy) is 2. The molecule has 0 aliphatic heterocycles. The standard InChI is InChI=1S/C16H14ClF3N2O4S.C15H13BrClF3N2O3S.C3H7.CH3F.ClH.Mg/c1-10-5-15(14(8-23)21-7-10)22(9-26-2)27(24,25)11-3-4-13(17)12(6-11)16(18,19)20;1-9-5-13(14(16)21-7-9)22(8-25-2)26(23,24)10-3-4-12(17)11(6-10)15(18,19)20;1-3-2;1-2;;/h3-8H,9H2,1-2H3;3-7H,8H2,1-2H3;3H,1-2H3;1H3;1H;/q;;-1;;;+2/p-1/i;;;1D;;. The van der Waals surface area contributed by atoms with Gasteiger partial charge in [-0.15, -0.1) is 0 Å². The van der Waals surface area contributed by atoms with Crippen molar-refractivity contribution < 1.29 is 75.6 Å². The average molecular weight is 1030 g/mol. The molecule has 25 heteroatoms. The van der Waals surface area contributed by atoms with Gasteiger partial charge in [0, 0.05) is 26.6 Å². The summed E-state index contributed by atoms with van der Waals surface area (Å²) in [4.78, 5) is 17.9. The average Bonchev–Trinajstić information content (AvgIpc) is 3.14. The molecule has 0 atom stereocenters. The number of hydrogen-bond donors (Lipinski definition) is 0. The Hall–Kier alpha value is -2.54. The van der Waals surface area contributed by atoms with Crippen LogP contribution in [0.15, 0.2) is 75.3 Å². The summed E-state index contributed by atoms with van der Waals surface area (Å²) in [6, 6.07) is 7.51.